The zero-order valence-corrected chi connectivity index (χ0v) is 12.6. The van der Waals surface area contributed by atoms with Crippen molar-refractivity contribution in [3.63, 3.8) is 0 Å². The van der Waals surface area contributed by atoms with Crippen LogP contribution in [0.4, 0.5) is 0 Å². The van der Waals surface area contributed by atoms with Crippen LogP contribution in [0.5, 0.6) is 0 Å². The molecule has 0 spiro atoms. The van der Waals surface area contributed by atoms with Crippen LogP contribution < -0.4 is 4.72 Å². The molecular formula is C9H12BrNO5S2. The standard InChI is InChI=1S/C9H12BrNO5S2/c1-5-7(4-8(10)17-5)18(15,16)11-3-2-6(12)9(13)14/h4,6,11-12H,2-3H2,1H3,(H,13,14). The summed E-state index contributed by atoms with van der Waals surface area (Å²) in [4.78, 5) is 11.1. The Morgan fingerprint density at radius 1 is 1.61 bits per heavy atom. The molecule has 3 N–H and O–H groups in total. The van der Waals surface area contributed by atoms with Gasteiger partial charge in [0.25, 0.3) is 0 Å². The van der Waals surface area contributed by atoms with Gasteiger partial charge in [0.05, 0.1) is 8.68 Å². The van der Waals surface area contributed by atoms with Gasteiger partial charge in [-0.3, -0.25) is 0 Å². The molecule has 0 saturated carbocycles. The maximum Gasteiger partial charge on any atom is 0.332 e. The van der Waals surface area contributed by atoms with E-state index in [4.69, 9.17) is 10.2 Å². The first-order chi connectivity index (χ1) is 8.24. The number of sulfonamides is 1. The molecule has 1 aromatic rings. The van der Waals surface area contributed by atoms with Crippen LogP contribution in [0.2, 0.25) is 0 Å². The van der Waals surface area contributed by atoms with Crippen LogP contribution in [0.1, 0.15) is 11.3 Å². The number of hydrogen-bond acceptors (Lipinski definition) is 5. The van der Waals surface area contributed by atoms with Gasteiger partial charge < -0.3 is 10.2 Å². The van der Waals surface area contributed by atoms with E-state index in [9.17, 15) is 13.2 Å². The molecule has 1 heterocycles. The molecule has 1 unspecified atom stereocenters. The van der Waals surface area contributed by atoms with Gasteiger partial charge in [-0.1, -0.05) is 0 Å². The topological polar surface area (TPSA) is 104 Å². The van der Waals surface area contributed by atoms with Crippen LogP contribution in [0.3, 0.4) is 0 Å². The lowest BCUT2D eigenvalue weighted by Gasteiger charge is -2.07. The maximum absolute atomic E-state index is 11.9. The minimum Gasteiger partial charge on any atom is -0.479 e. The van der Waals surface area contributed by atoms with E-state index in [0.717, 1.165) is 0 Å². The number of rotatable bonds is 6. The SMILES string of the molecule is Cc1sc(Br)cc1S(=O)(=O)NCCC(O)C(=O)O. The molecular weight excluding hydrogens is 346 g/mol. The number of nitrogens with one attached hydrogen (secondary N) is 1. The highest BCUT2D eigenvalue weighted by Gasteiger charge is 2.20. The molecule has 0 bridgehead atoms. The Balaban J connectivity index is 2.66. The fourth-order valence-corrected chi connectivity index (χ4v) is 4.69. The average molecular weight is 358 g/mol. The van der Waals surface area contributed by atoms with Crippen molar-refractivity contribution >= 4 is 43.3 Å². The summed E-state index contributed by atoms with van der Waals surface area (Å²) in [5, 5.41) is 17.5. The predicted octanol–water partition coefficient (Wildman–Crippen LogP) is 0.933. The van der Waals surface area contributed by atoms with E-state index in [1.54, 1.807) is 6.92 Å². The van der Waals surface area contributed by atoms with E-state index in [-0.39, 0.29) is 17.9 Å². The van der Waals surface area contributed by atoms with Gasteiger partial charge in [0, 0.05) is 11.4 Å². The molecule has 0 fully saturated rings. The molecule has 1 aromatic heterocycles. The van der Waals surface area contributed by atoms with E-state index >= 15 is 0 Å². The van der Waals surface area contributed by atoms with Crippen molar-refractivity contribution in [3.8, 4) is 0 Å². The Hall–Kier alpha value is -0.480. The maximum atomic E-state index is 11.9. The second-order valence-corrected chi connectivity index (χ2v) is 7.88. The third-order valence-corrected chi connectivity index (χ3v) is 5.40. The number of aliphatic hydroxyl groups is 1. The molecule has 1 atom stereocenters. The predicted molar refractivity (Wildman–Crippen MR) is 70.2 cm³/mol. The van der Waals surface area contributed by atoms with Gasteiger partial charge in [-0.2, -0.15) is 0 Å². The first-order valence-corrected chi connectivity index (χ1v) is 8.00. The van der Waals surface area contributed by atoms with Gasteiger partial charge in [-0.05, 0) is 35.3 Å². The van der Waals surface area contributed by atoms with Crippen LogP contribution in [-0.4, -0.2) is 37.2 Å². The lowest BCUT2D eigenvalue weighted by atomic mass is 10.3. The Bertz CT molecular complexity index is 539. The second-order valence-electron chi connectivity index (χ2n) is 3.51. The van der Waals surface area contributed by atoms with E-state index in [0.29, 0.717) is 8.66 Å². The number of aryl methyl sites for hydroxylation is 1. The fraction of sp³-hybridized carbons (Fsp3) is 0.444. The highest BCUT2D eigenvalue weighted by Crippen LogP contribution is 2.29. The van der Waals surface area contributed by atoms with Crippen LogP contribution in [0, 0.1) is 6.92 Å². The molecule has 0 saturated heterocycles. The molecule has 0 aliphatic heterocycles. The molecule has 6 nitrogen and oxygen atoms in total. The Morgan fingerprint density at radius 3 is 2.67 bits per heavy atom. The molecule has 0 aliphatic rings. The lowest BCUT2D eigenvalue weighted by molar-refractivity contribution is -0.146. The summed E-state index contributed by atoms with van der Waals surface area (Å²) in [6.07, 6.45) is -1.75. The summed E-state index contributed by atoms with van der Waals surface area (Å²) < 4.78 is 26.7. The fourth-order valence-electron chi connectivity index (χ4n) is 1.23. The third kappa shape index (κ3) is 4.02. The van der Waals surface area contributed by atoms with E-state index in [2.05, 4.69) is 20.7 Å². The second kappa shape index (κ2) is 6.11. The molecule has 0 aliphatic carbocycles. The normalized spacial score (nSPS) is 13.5. The third-order valence-electron chi connectivity index (χ3n) is 2.13. The first-order valence-electron chi connectivity index (χ1n) is 4.90. The summed E-state index contributed by atoms with van der Waals surface area (Å²) in [5.41, 5.74) is 0. The van der Waals surface area contributed by atoms with Crippen molar-refractivity contribution in [1.29, 1.82) is 0 Å². The molecule has 1 rings (SSSR count). The Kier molecular flexibility index (Phi) is 5.29. The van der Waals surface area contributed by atoms with Crippen LogP contribution in [0.15, 0.2) is 14.7 Å². The number of aliphatic carboxylic acids is 1. The van der Waals surface area contributed by atoms with E-state index in [1.165, 1.54) is 17.4 Å². The summed E-state index contributed by atoms with van der Waals surface area (Å²) in [7, 11) is -3.67. The minimum atomic E-state index is -3.67. The van der Waals surface area contributed by atoms with Crippen LogP contribution in [-0.2, 0) is 14.8 Å². The monoisotopic (exact) mass is 357 g/mol. The minimum absolute atomic E-state index is 0.136. The number of halogens is 1. The van der Waals surface area contributed by atoms with E-state index < -0.39 is 22.1 Å². The van der Waals surface area contributed by atoms with Crippen LogP contribution >= 0.6 is 27.3 Å². The van der Waals surface area contributed by atoms with Crippen molar-refractivity contribution in [2.24, 2.45) is 0 Å². The van der Waals surface area contributed by atoms with Gasteiger partial charge in [0.15, 0.2) is 6.10 Å². The molecule has 102 valence electrons. The molecule has 0 amide bonds. The molecule has 18 heavy (non-hydrogen) atoms. The summed E-state index contributed by atoms with van der Waals surface area (Å²) in [6, 6.07) is 1.48. The highest BCUT2D eigenvalue weighted by molar-refractivity contribution is 9.11. The summed E-state index contributed by atoms with van der Waals surface area (Å²) in [6.45, 7) is 1.54. The molecule has 0 radical (unpaired) electrons. The number of carbonyl (C=O) groups is 1. The smallest absolute Gasteiger partial charge is 0.332 e. The zero-order valence-electron chi connectivity index (χ0n) is 9.38. The quantitative estimate of drug-likeness (QED) is 0.702. The highest BCUT2D eigenvalue weighted by atomic mass is 79.9. The van der Waals surface area contributed by atoms with Crippen molar-refractivity contribution in [1.82, 2.24) is 4.72 Å². The first kappa shape index (κ1) is 15.6. The summed E-state index contributed by atoms with van der Waals surface area (Å²) >= 11 is 4.49. The van der Waals surface area contributed by atoms with Crippen molar-refractivity contribution in [3.05, 3.63) is 14.7 Å². The number of thiophene rings is 1. The van der Waals surface area contributed by atoms with Gasteiger partial charge >= 0.3 is 5.97 Å². The van der Waals surface area contributed by atoms with E-state index in [1.807, 2.05) is 0 Å². The number of aliphatic hydroxyl groups excluding tert-OH is 1. The molecule has 0 aromatic carbocycles. The number of hydrogen-bond donors (Lipinski definition) is 3. The lowest BCUT2D eigenvalue weighted by Crippen LogP contribution is -2.30. The average Bonchev–Trinajstić information content (AvgIpc) is 2.58. The Labute approximate surface area is 117 Å². The van der Waals surface area contributed by atoms with Gasteiger partial charge in [-0.25, -0.2) is 17.9 Å². The van der Waals surface area contributed by atoms with Gasteiger partial charge in [-0.15, -0.1) is 11.3 Å². The van der Waals surface area contributed by atoms with Gasteiger partial charge in [0.1, 0.15) is 0 Å². The van der Waals surface area contributed by atoms with Crippen molar-refractivity contribution < 1.29 is 23.4 Å². The Morgan fingerprint density at radius 2 is 2.22 bits per heavy atom. The largest absolute Gasteiger partial charge is 0.479 e. The molecule has 9 heteroatoms. The van der Waals surface area contributed by atoms with Crippen molar-refractivity contribution in [2.45, 2.75) is 24.3 Å². The summed E-state index contributed by atoms with van der Waals surface area (Å²) in [5.74, 6) is -1.37. The van der Waals surface area contributed by atoms with Crippen LogP contribution in [0.25, 0.3) is 0 Å². The number of carboxylic acids is 1. The van der Waals surface area contributed by atoms with Crippen molar-refractivity contribution in [2.75, 3.05) is 6.54 Å². The number of carboxylic acid groups (broad SMARTS) is 1. The zero-order chi connectivity index (χ0) is 13.9. The van der Waals surface area contributed by atoms with Gasteiger partial charge in [0.2, 0.25) is 10.0 Å².